The zero-order chi connectivity index (χ0) is 23.0. The van der Waals surface area contributed by atoms with E-state index in [1.807, 2.05) is 0 Å². The zero-order valence-electron chi connectivity index (χ0n) is 17.6. The van der Waals surface area contributed by atoms with E-state index in [1.54, 1.807) is 67.3 Å². The van der Waals surface area contributed by atoms with E-state index in [-0.39, 0.29) is 10.5 Å². The molecule has 10 heteroatoms. The Balaban J connectivity index is 1.45. The first-order valence-electron chi connectivity index (χ1n) is 10.5. The van der Waals surface area contributed by atoms with Gasteiger partial charge in [0.2, 0.25) is 5.70 Å². The summed E-state index contributed by atoms with van der Waals surface area (Å²) in [7, 11) is 0. The van der Waals surface area contributed by atoms with Crippen LogP contribution in [0.25, 0.3) is 0 Å². The second-order valence-corrected chi connectivity index (χ2v) is 7.92. The molecule has 2 unspecified atom stereocenters. The third kappa shape index (κ3) is 3.60. The summed E-state index contributed by atoms with van der Waals surface area (Å²) in [6.07, 6.45) is 6.63. The molecule has 1 saturated heterocycles. The standard InChI is InChI=1S/C23H21N7O3/c24-30-13-11-25-14-18(30)20(17-4-3-12-29(17)23(32)33)28-21(30)15-6-8-16(9-7-15)22(31)27-19-5-1-2-10-26-19/h1-2,5-11,13-14,17H,3-4,12,24H2,(H-,26,27,31,32,33). The van der Waals surface area contributed by atoms with Crippen LogP contribution in [0.3, 0.4) is 0 Å². The summed E-state index contributed by atoms with van der Waals surface area (Å²) < 4.78 is -0.226. The van der Waals surface area contributed by atoms with Crippen molar-refractivity contribution in [2.24, 2.45) is 15.8 Å². The van der Waals surface area contributed by atoms with Gasteiger partial charge in [0, 0.05) is 18.3 Å². The van der Waals surface area contributed by atoms with Crippen molar-refractivity contribution >= 4 is 29.9 Å². The number of nitrogens with one attached hydrogen (secondary N) is 1. The molecule has 10 nitrogen and oxygen atoms in total. The number of hydrogen-bond acceptors (Lipinski definition) is 7. The quantitative estimate of drug-likeness (QED) is 0.543. The molecule has 0 bridgehead atoms. The third-order valence-electron chi connectivity index (χ3n) is 5.94. The second-order valence-electron chi connectivity index (χ2n) is 7.92. The lowest BCUT2D eigenvalue weighted by molar-refractivity contribution is -0.750. The average molecular weight is 443 g/mol. The number of likely N-dealkylation sites (tertiary alicyclic amines) is 1. The molecular formula is C23H21N7O3. The predicted molar refractivity (Wildman–Crippen MR) is 119 cm³/mol. The smallest absolute Gasteiger partial charge is 0.264 e. The Morgan fingerprint density at radius 2 is 2.00 bits per heavy atom. The van der Waals surface area contributed by atoms with Gasteiger partial charge in [0.1, 0.15) is 23.8 Å². The first-order chi connectivity index (χ1) is 16.0. The van der Waals surface area contributed by atoms with Crippen molar-refractivity contribution in [1.82, 2.24) is 9.88 Å². The molecule has 0 spiro atoms. The number of aromatic nitrogens is 1. The third-order valence-corrected chi connectivity index (χ3v) is 5.94. The lowest BCUT2D eigenvalue weighted by atomic mass is 10.1. The largest absolute Gasteiger partial charge is 0.530 e. The van der Waals surface area contributed by atoms with E-state index in [0.717, 1.165) is 6.42 Å². The van der Waals surface area contributed by atoms with E-state index in [1.165, 1.54) is 4.90 Å². The molecule has 0 radical (unpaired) electrons. The zero-order valence-corrected chi connectivity index (χ0v) is 17.6. The Morgan fingerprint density at radius 3 is 2.73 bits per heavy atom. The second kappa shape index (κ2) is 8.08. The van der Waals surface area contributed by atoms with Crippen molar-refractivity contribution in [1.29, 1.82) is 0 Å². The number of aliphatic imine (C=N–C) groups is 2. The van der Waals surface area contributed by atoms with E-state index in [4.69, 9.17) is 10.8 Å². The van der Waals surface area contributed by atoms with Gasteiger partial charge >= 0.3 is 0 Å². The van der Waals surface area contributed by atoms with Crippen molar-refractivity contribution in [2.45, 2.75) is 18.9 Å². The number of anilines is 1. The summed E-state index contributed by atoms with van der Waals surface area (Å²) in [5.74, 6) is 7.41. The molecule has 4 heterocycles. The summed E-state index contributed by atoms with van der Waals surface area (Å²) in [5.41, 5.74) is 2.34. The van der Waals surface area contributed by atoms with Crippen molar-refractivity contribution in [3.8, 4) is 0 Å². The fourth-order valence-electron chi connectivity index (χ4n) is 4.32. The van der Waals surface area contributed by atoms with Crippen molar-refractivity contribution in [3.63, 3.8) is 0 Å². The number of carbonyl (C=O) groups excluding carboxylic acids is 2. The molecule has 5 rings (SSSR count). The highest BCUT2D eigenvalue weighted by Crippen LogP contribution is 2.36. The first kappa shape index (κ1) is 20.7. The molecular weight excluding hydrogens is 422 g/mol. The Labute approximate surface area is 189 Å². The molecule has 2 aromatic rings. The minimum absolute atomic E-state index is 0.226. The number of allylic oxidation sites excluding steroid dienone is 1. The number of quaternary nitrogens is 1. The number of pyridine rings is 1. The highest BCUT2D eigenvalue weighted by Gasteiger charge is 2.47. The molecule has 1 aromatic heterocycles. The van der Waals surface area contributed by atoms with Crippen LogP contribution in [-0.4, -0.2) is 51.1 Å². The van der Waals surface area contributed by atoms with Crippen LogP contribution in [0, 0.1) is 0 Å². The van der Waals surface area contributed by atoms with E-state index >= 15 is 0 Å². The number of rotatable bonds is 4. The van der Waals surface area contributed by atoms with Crippen molar-refractivity contribution in [2.75, 3.05) is 11.9 Å². The van der Waals surface area contributed by atoms with Crippen LogP contribution in [0.15, 0.2) is 82.4 Å². The SMILES string of the molecule is N[N+]12C=CN=CC1=C(C1CCCN1C(=O)[O-])N=C2c1ccc(C(=O)Nc2ccccn2)cc1. The molecule has 1 aromatic carbocycles. The molecule has 33 heavy (non-hydrogen) atoms. The van der Waals surface area contributed by atoms with Gasteiger partial charge in [-0.05, 0) is 49.2 Å². The van der Waals surface area contributed by atoms with Crippen LogP contribution in [0.5, 0.6) is 0 Å². The molecule has 0 saturated carbocycles. The van der Waals surface area contributed by atoms with E-state index in [9.17, 15) is 14.7 Å². The fraction of sp³-hybridized carbons (Fsp3) is 0.174. The Hall–Kier alpha value is -4.15. The minimum Gasteiger partial charge on any atom is -0.530 e. The van der Waals surface area contributed by atoms with Crippen LogP contribution in [0.2, 0.25) is 0 Å². The number of carboxylic acid groups (broad SMARTS) is 1. The van der Waals surface area contributed by atoms with Gasteiger partial charge in [0.15, 0.2) is 0 Å². The van der Waals surface area contributed by atoms with Gasteiger partial charge in [-0.2, -0.15) is 10.8 Å². The average Bonchev–Trinajstić information content (AvgIpc) is 3.42. The number of amides is 2. The minimum atomic E-state index is -1.23. The van der Waals surface area contributed by atoms with Crippen LogP contribution >= 0.6 is 0 Å². The number of hydrogen-bond donors (Lipinski definition) is 2. The molecule has 3 N–H and O–H groups in total. The van der Waals surface area contributed by atoms with Crippen LogP contribution in [-0.2, 0) is 0 Å². The maximum Gasteiger partial charge on any atom is 0.264 e. The lowest BCUT2D eigenvalue weighted by Crippen LogP contribution is -2.53. The Morgan fingerprint density at radius 1 is 1.18 bits per heavy atom. The first-order valence-corrected chi connectivity index (χ1v) is 10.5. The lowest BCUT2D eigenvalue weighted by Gasteiger charge is -2.28. The fourth-order valence-corrected chi connectivity index (χ4v) is 4.32. The van der Waals surface area contributed by atoms with E-state index in [0.29, 0.717) is 47.1 Å². The number of benzene rings is 1. The van der Waals surface area contributed by atoms with Crippen LogP contribution in [0.1, 0.15) is 28.8 Å². The number of amidine groups is 1. The van der Waals surface area contributed by atoms with Gasteiger partial charge in [-0.25, -0.2) is 4.98 Å². The molecule has 0 aliphatic carbocycles. The molecule has 2 amide bonds. The molecule has 2 atom stereocenters. The molecule has 166 valence electrons. The topological polar surface area (TPSA) is 136 Å². The van der Waals surface area contributed by atoms with Crippen molar-refractivity contribution < 1.29 is 19.3 Å². The number of nitrogens with two attached hydrogens (primary N) is 1. The maximum absolute atomic E-state index is 12.5. The Bertz CT molecular complexity index is 1230. The molecule has 3 aliphatic rings. The van der Waals surface area contributed by atoms with Gasteiger partial charge in [0.05, 0.1) is 24.0 Å². The number of fused-ring (bicyclic) bond motifs is 1. The summed E-state index contributed by atoms with van der Waals surface area (Å²) in [4.78, 5) is 38.5. The summed E-state index contributed by atoms with van der Waals surface area (Å²) in [5, 5.41) is 14.4. The van der Waals surface area contributed by atoms with Crippen LogP contribution in [0.4, 0.5) is 10.6 Å². The van der Waals surface area contributed by atoms with E-state index < -0.39 is 12.1 Å². The van der Waals surface area contributed by atoms with Crippen LogP contribution < -0.4 is 16.3 Å². The maximum atomic E-state index is 12.5. The molecule has 1 fully saturated rings. The number of carbonyl (C=O) groups is 2. The van der Waals surface area contributed by atoms with Gasteiger partial charge in [-0.15, -0.1) is 4.59 Å². The number of nitrogens with zero attached hydrogens (tertiary/aromatic N) is 5. The summed E-state index contributed by atoms with van der Waals surface area (Å²) in [6.45, 7) is 0.395. The highest BCUT2D eigenvalue weighted by molar-refractivity contribution is 6.05. The monoisotopic (exact) mass is 443 g/mol. The summed E-state index contributed by atoms with van der Waals surface area (Å²) in [6, 6.07) is 11.7. The van der Waals surface area contributed by atoms with Crippen molar-refractivity contribution in [3.05, 3.63) is 83.6 Å². The summed E-state index contributed by atoms with van der Waals surface area (Å²) >= 11 is 0. The van der Waals surface area contributed by atoms with Gasteiger partial charge in [-0.1, -0.05) is 6.07 Å². The molecule has 3 aliphatic heterocycles. The van der Waals surface area contributed by atoms with Gasteiger partial charge in [-0.3, -0.25) is 9.79 Å². The predicted octanol–water partition coefficient (Wildman–Crippen LogP) is 1.36. The Kier molecular flexibility index (Phi) is 5.08. The van der Waals surface area contributed by atoms with E-state index in [2.05, 4.69) is 15.3 Å². The highest BCUT2D eigenvalue weighted by atomic mass is 16.4. The van der Waals surface area contributed by atoms with Gasteiger partial charge in [0.25, 0.3) is 11.7 Å². The normalized spacial score (nSPS) is 23.5. The van der Waals surface area contributed by atoms with Gasteiger partial charge < -0.3 is 20.1 Å².